The van der Waals surface area contributed by atoms with E-state index in [2.05, 4.69) is 0 Å². The molecule has 1 aromatic heterocycles. The third kappa shape index (κ3) is 2.66. The van der Waals surface area contributed by atoms with Gasteiger partial charge in [0, 0.05) is 10.4 Å². The topological polar surface area (TPSA) is 77.2 Å². The van der Waals surface area contributed by atoms with E-state index in [1.165, 1.54) is 13.0 Å². The number of carbonyl (C=O) groups is 1. The molecular weight excluding hydrogens is 270 g/mol. The number of sulfonamides is 1. The maximum absolute atomic E-state index is 11.2. The zero-order valence-electron chi connectivity index (χ0n) is 9.58. The Morgan fingerprint density at radius 2 is 1.72 bits per heavy atom. The molecule has 0 fully saturated rings. The van der Waals surface area contributed by atoms with Crippen LogP contribution in [0.1, 0.15) is 17.3 Å². The minimum atomic E-state index is -3.65. The number of primary sulfonamides is 1. The molecule has 4 nitrogen and oxygen atoms in total. The van der Waals surface area contributed by atoms with Gasteiger partial charge in [-0.1, -0.05) is 24.3 Å². The van der Waals surface area contributed by atoms with E-state index in [0.29, 0.717) is 5.56 Å². The first-order valence-corrected chi connectivity index (χ1v) is 7.48. The number of Topliss-reactive ketones (excluding diaryl/α,β-unsaturated/α-hetero) is 1. The van der Waals surface area contributed by atoms with Gasteiger partial charge in [-0.3, -0.25) is 4.79 Å². The molecule has 0 unspecified atom stereocenters. The molecule has 0 bridgehead atoms. The fourth-order valence-electron chi connectivity index (χ4n) is 1.50. The van der Waals surface area contributed by atoms with Crippen LogP contribution in [0.5, 0.6) is 0 Å². The Kier molecular flexibility index (Phi) is 3.34. The average molecular weight is 281 g/mol. The maximum Gasteiger partial charge on any atom is 0.247 e. The van der Waals surface area contributed by atoms with Crippen LogP contribution in [0.15, 0.2) is 40.6 Å². The monoisotopic (exact) mass is 281 g/mol. The van der Waals surface area contributed by atoms with E-state index < -0.39 is 10.0 Å². The zero-order chi connectivity index (χ0) is 13.3. The molecule has 0 spiro atoms. The molecule has 0 atom stereocenters. The number of rotatable bonds is 3. The van der Waals surface area contributed by atoms with E-state index in [9.17, 15) is 13.2 Å². The molecule has 6 heteroatoms. The highest BCUT2D eigenvalue weighted by atomic mass is 32.2. The van der Waals surface area contributed by atoms with E-state index in [1.807, 2.05) is 0 Å². The van der Waals surface area contributed by atoms with Crippen LogP contribution in [0.3, 0.4) is 0 Å². The SMILES string of the molecule is CC(=O)c1ccc(-c2ccc(S(N)(=O)=O)s2)cc1. The van der Waals surface area contributed by atoms with Crippen LogP contribution in [-0.4, -0.2) is 14.2 Å². The standard InChI is InChI=1S/C12H11NO3S2/c1-8(14)9-2-4-10(5-3-9)11-6-7-12(17-11)18(13,15)16/h2-7H,1H3,(H2,13,15,16). The first-order chi connectivity index (χ1) is 8.38. The Morgan fingerprint density at radius 1 is 1.11 bits per heavy atom. The van der Waals surface area contributed by atoms with E-state index in [1.54, 1.807) is 30.3 Å². The van der Waals surface area contributed by atoms with Gasteiger partial charge >= 0.3 is 0 Å². The van der Waals surface area contributed by atoms with Crippen LogP contribution in [0.4, 0.5) is 0 Å². The molecule has 0 radical (unpaired) electrons. The maximum atomic E-state index is 11.2. The fraction of sp³-hybridized carbons (Fsp3) is 0.0833. The highest BCUT2D eigenvalue weighted by Crippen LogP contribution is 2.30. The largest absolute Gasteiger partial charge is 0.295 e. The normalized spacial score (nSPS) is 11.4. The molecule has 0 aliphatic rings. The van der Waals surface area contributed by atoms with Crippen molar-refractivity contribution in [2.24, 2.45) is 5.14 Å². The minimum Gasteiger partial charge on any atom is -0.295 e. The molecule has 2 rings (SSSR count). The summed E-state index contributed by atoms with van der Waals surface area (Å²) in [5.74, 6) is -0.00189. The minimum absolute atomic E-state index is 0.00189. The smallest absolute Gasteiger partial charge is 0.247 e. The van der Waals surface area contributed by atoms with E-state index >= 15 is 0 Å². The summed E-state index contributed by atoms with van der Waals surface area (Å²) >= 11 is 1.11. The van der Waals surface area contributed by atoms with Crippen LogP contribution in [0.25, 0.3) is 10.4 Å². The summed E-state index contributed by atoms with van der Waals surface area (Å²) in [5, 5.41) is 5.05. The van der Waals surface area contributed by atoms with Crippen LogP contribution in [0.2, 0.25) is 0 Å². The molecule has 0 amide bonds. The van der Waals surface area contributed by atoms with Crippen molar-refractivity contribution < 1.29 is 13.2 Å². The fourth-order valence-corrected chi connectivity index (χ4v) is 3.23. The molecule has 1 heterocycles. The quantitative estimate of drug-likeness (QED) is 0.877. The highest BCUT2D eigenvalue weighted by Gasteiger charge is 2.12. The first kappa shape index (κ1) is 12.9. The molecule has 0 saturated heterocycles. The number of hydrogen-bond donors (Lipinski definition) is 1. The molecular formula is C12H11NO3S2. The Hall–Kier alpha value is -1.50. The van der Waals surface area contributed by atoms with Gasteiger partial charge in [-0.2, -0.15) is 0 Å². The number of hydrogen-bond acceptors (Lipinski definition) is 4. The lowest BCUT2D eigenvalue weighted by Gasteiger charge is -1.99. The van der Waals surface area contributed by atoms with Gasteiger partial charge in [0.1, 0.15) is 4.21 Å². The highest BCUT2D eigenvalue weighted by molar-refractivity contribution is 7.91. The van der Waals surface area contributed by atoms with Crippen LogP contribution < -0.4 is 5.14 Å². The number of benzene rings is 1. The van der Waals surface area contributed by atoms with Crippen LogP contribution in [0, 0.1) is 0 Å². The third-order valence-electron chi connectivity index (χ3n) is 2.44. The third-order valence-corrected chi connectivity index (χ3v) is 5.01. The van der Waals surface area contributed by atoms with E-state index in [4.69, 9.17) is 5.14 Å². The second kappa shape index (κ2) is 4.64. The van der Waals surface area contributed by atoms with Gasteiger partial charge in [0.15, 0.2) is 5.78 Å². The summed E-state index contributed by atoms with van der Waals surface area (Å²) in [7, 11) is -3.65. The Morgan fingerprint density at radius 3 is 2.17 bits per heavy atom. The van der Waals surface area contributed by atoms with Gasteiger partial charge in [0.2, 0.25) is 10.0 Å². The summed E-state index contributed by atoms with van der Waals surface area (Å²) in [6.45, 7) is 1.50. The molecule has 94 valence electrons. The van der Waals surface area contributed by atoms with E-state index in [-0.39, 0.29) is 9.99 Å². The number of ketones is 1. The average Bonchev–Trinajstić information content (AvgIpc) is 2.78. The van der Waals surface area contributed by atoms with Crippen molar-refractivity contribution in [2.45, 2.75) is 11.1 Å². The van der Waals surface area contributed by atoms with E-state index in [0.717, 1.165) is 21.8 Å². The molecule has 0 aliphatic heterocycles. The summed E-state index contributed by atoms with van der Waals surface area (Å²) in [6, 6.07) is 10.2. The van der Waals surface area contributed by atoms with Gasteiger partial charge in [-0.15, -0.1) is 11.3 Å². The Labute approximate surface area is 109 Å². The van der Waals surface area contributed by atoms with Gasteiger partial charge in [0.05, 0.1) is 0 Å². The van der Waals surface area contributed by atoms with Gasteiger partial charge in [0.25, 0.3) is 0 Å². The van der Waals surface area contributed by atoms with Crippen LogP contribution >= 0.6 is 11.3 Å². The summed E-state index contributed by atoms with van der Waals surface area (Å²) in [6.07, 6.45) is 0. The van der Waals surface area contributed by atoms with Crippen molar-refractivity contribution in [3.8, 4) is 10.4 Å². The molecule has 0 saturated carbocycles. The predicted molar refractivity (Wildman–Crippen MR) is 71.1 cm³/mol. The predicted octanol–water partition coefficient (Wildman–Crippen LogP) is 2.27. The molecule has 18 heavy (non-hydrogen) atoms. The number of carbonyl (C=O) groups excluding carboxylic acids is 1. The number of nitrogens with two attached hydrogens (primary N) is 1. The van der Waals surface area contributed by atoms with Gasteiger partial charge in [-0.25, -0.2) is 13.6 Å². The lowest BCUT2D eigenvalue weighted by atomic mass is 10.1. The Bertz CT molecular complexity index is 684. The van der Waals surface area contributed by atoms with Crippen molar-refractivity contribution in [1.82, 2.24) is 0 Å². The lowest BCUT2D eigenvalue weighted by Crippen LogP contribution is -2.09. The number of thiophene rings is 1. The van der Waals surface area contributed by atoms with Crippen molar-refractivity contribution in [3.05, 3.63) is 42.0 Å². The molecule has 2 aromatic rings. The Balaban J connectivity index is 2.38. The second-order valence-corrected chi connectivity index (χ2v) is 6.67. The summed E-state index contributed by atoms with van der Waals surface area (Å²) < 4.78 is 22.5. The van der Waals surface area contributed by atoms with Crippen molar-refractivity contribution in [1.29, 1.82) is 0 Å². The van der Waals surface area contributed by atoms with Crippen molar-refractivity contribution in [2.75, 3.05) is 0 Å². The van der Waals surface area contributed by atoms with Crippen LogP contribution in [-0.2, 0) is 10.0 Å². The second-order valence-electron chi connectivity index (χ2n) is 3.80. The van der Waals surface area contributed by atoms with Crippen molar-refractivity contribution >= 4 is 27.1 Å². The lowest BCUT2D eigenvalue weighted by molar-refractivity contribution is 0.101. The molecule has 0 aliphatic carbocycles. The van der Waals surface area contributed by atoms with Gasteiger partial charge < -0.3 is 0 Å². The van der Waals surface area contributed by atoms with Crippen molar-refractivity contribution in [3.63, 3.8) is 0 Å². The molecule has 2 N–H and O–H groups in total. The first-order valence-electron chi connectivity index (χ1n) is 5.12. The zero-order valence-corrected chi connectivity index (χ0v) is 11.2. The van der Waals surface area contributed by atoms with Gasteiger partial charge in [-0.05, 0) is 24.6 Å². The molecule has 1 aromatic carbocycles. The summed E-state index contributed by atoms with van der Waals surface area (Å²) in [5.41, 5.74) is 1.49. The summed E-state index contributed by atoms with van der Waals surface area (Å²) in [4.78, 5) is 11.9.